The Morgan fingerprint density at radius 1 is 1.39 bits per heavy atom. The Bertz CT molecular complexity index is 463. The minimum Gasteiger partial charge on any atom is -0.504 e. The highest BCUT2D eigenvalue weighted by Gasteiger charge is 2.25. The van der Waals surface area contributed by atoms with Gasteiger partial charge >= 0.3 is 5.97 Å². The SMILES string of the molecule is COc1cc(C(C)(C)C)cc(C(N)C(=O)O)c1O. The van der Waals surface area contributed by atoms with Crippen molar-refractivity contribution in [3.8, 4) is 11.5 Å². The van der Waals surface area contributed by atoms with Gasteiger partial charge in [-0.2, -0.15) is 0 Å². The number of carboxylic acid groups (broad SMARTS) is 1. The van der Waals surface area contributed by atoms with Gasteiger partial charge in [0.1, 0.15) is 6.04 Å². The summed E-state index contributed by atoms with van der Waals surface area (Å²) in [4.78, 5) is 10.9. The third-order valence-electron chi connectivity index (χ3n) is 2.79. The van der Waals surface area contributed by atoms with Gasteiger partial charge in [-0.05, 0) is 23.1 Å². The molecule has 1 unspecified atom stereocenters. The van der Waals surface area contributed by atoms with Gasteiger partial charge < -0.3 is 20.7 Å². The summed E-state index contributed by atoms with van der Waals surface area (Å²) in [5, 5.41) is 18.9. The molecule has 0 fully saturated rings. The van der Waals surface area contributed by atoms with Crippen molar-refractivity contribution in [2.75, 3.05) is 7.11 Å². The Hall–Kier alpha value is -1.75. The molecular formula is C13H19NO4. The smallest absolute Gasteiger partial charge is 0.325 e. The molecule has 0 aliphatic carbocycles. The van der Waals surface area contributed by atoms with E-state index in [1.165, 1.54) is 7.11 Å². The zero-order valence-corrected chi connectivity index (χ0v) is 11.0. The van der Waals surface area contributed by atoms with E-state index in [-0.39, 0.29) is 22.5 Å². The average Bonchev–Trinajstić information content (AvgIpc) is 2.26. The van der Waals surface area contributed by atoms with Gasteiger partial charge in [0.2, 0.25) is 0 Å². The van der Waals surface area contributed by atoms with Crippen molar-refractivity contribution in [3.63, 3.8) is 0 Å². The molecule has 4 N–H and O–H groups in total. The second-order valence-corrected chi connectivity index (χ2v) is 5.18. The Kier molecular flexibility index (Phi) is 3.86. The van der Waals surface area contributed by atoms with E-state index in [1.807, 2.05) is 20.8 Å². The zero-order valence-electron chi connectivity index (χ0n) is 11.0. The normalized spacial score (nSPS) is 13.2. The molecule has 1 atom stereocenters. The van der Waals surface area contributed by atoms with E-state index < -0.39 is 12.0 Å². The fraction of sp³-hybridized carbons (Fsp3) is 0.462. The van der Waals surface area contributed by atoms with Crippen LogP contribution in [0.25, 0.3) is 0 Å². The highest BCUT2D eigenvalue weighted by Crippen LogP contribution is 2.38. The van der Waals surface area contributed by atoms with Crippen LogP contribution in [0.4, 0.5) is 0 Å². The van der Waals surface area contributed by atoms with Crippen molar-refractivity contribution >= 4 is 5.97 Å². The molecule has 0 spiro atoms. The Morgan fingerprint density at radius 3 is 2.33 bits per heavy atom. The van der Waals surface area contributed by atoms with Crippen molar-refractivity contribution in [1.82, 2.24) is 0 Å². The van der Waals surface area contributed by atoms with Crippen LogP contribution in [-0.4, -0.2) is 23.3 Å². The van der Waals surface area contributed by atoms with Crippen LogP contribution in [0.1, 0.15) is 37.9 Å². The van der Waals surface area contributed by atoms with Gasteiger partial charge in [-0.25, -0.2) is 0 Å². The van der Waals surface area contributed by atoms with Crippen LogP contribution >= 0.6 is 0 Å². The van der Waals surface area contributed by atoms with Crippen molar-refractivity contribution in [2.45, 2.75) is 32.2 Å². The third kappa shape index (κ3) is 2.73. The number of benzene rings is 1. The van der Waals surface area contributed by atoms with Gasteiger partial charge in [-0.3, -0.25) is 4.79 Å². The number of phenols is 1. The molecule has 0 bridgehead atoms. The van der Waals surface area contributed by atoms with Gasteiger partial charge in [-0.1, -0.05) is 20.8 Å². The molecule has 0 aromatic heterocycles. The molecule has 0 radical (unpaired) electrons. The lowest BCUT2D eigenvalue weighted by atomic mass is 9.85. The molecule has 0 heterocycles. The third-order valence-corrected chi connectivity index (χ3v) is 2.79. The molecule has 100 valence electrons. The summed E-state index contributed by atoms with van der Waals surface area (Å²) in [7, 11) is 1.41. The van der Waals surface area contributed by atoms with Gasteiger partial charge in [-0.15, -0.1) is 0 Å². The molecule has 0 aliphatic heterocycles. The number of carbonyl (C=O) groups is 1. The Labute approximate surface area is 106 Å². The molecular weight excluding hydrogens is 234 g/mol. The van der Waals surface area contributed by atoms with Crippen molar-refractivity contribution in [1.29, 1.82) is 0 Å². The van der Waals surface area contributed by atoms with E-state index in [2.05, 4.69) is 0 Å². The largest absolute Gasteiger partial charge is 0.504 e. The summed E-state index contributed by atoms with van der Waals surface area (Å²) >= 11 is 0. The molecule has 0 amide bonds. The molecule has 5 heteroatoms. The number of nitrogens with two attached hydrogens (primary N) is 1. The highest BCUT2D eigenvalue weighted by molar-refractivity contribution is 5.77. The van der Waals surface area contributed by atoms with Crippen molar-refractivity contribution < 1.29 is 19.7 Å². The molecule has 0 saturated heterocycles. The lowest BCUT2D eigenvalue weighted by Crippen LogP contribution is -2.22. The molecule has 0 aliphatic rings. The number of hydrogen-bond donors (Lipinski definition) is 3. The number of rotatable bonds is 3. The lowest BCUT2D eigenvalue weighted by Gasteiger charge is -2.22. The summed E-state index contributed by atoms with van der Waals surface area (Å²) in [6, 6.07) is 2.02. The van der Waals surface area contributed by atoms with Gasteiger partial charge in [0.15, 0.2) is 11.5 Å². The summed E-state index contributed by atoms with van der Waals surface area (Å²) in [5.74, 6) is -1.19. The second-order valence-electron chi connectivity index (χ2n) is 5.18. The first-order chi connectivity index (χ1) is 8.18. The minimum absolute atomic E-state index is 0.159. The maximum atomic E-state index is 10.9. The Balaban J connectivity index is 3.46. The van der Waals surface area contributed by atoms with E-state index in [0.29, 0.717) is 0 Å². The van der Waals surface area contributed by atoms with Crippen molar-refractivity contribution in [2.24, 2.45) is 5.73 Å². The van der Waals surface area contributed by atoms with Gasteiger partial charge in [0.25, 0.3) is 0 Å². The van der Waals surface area contributed by atoms with Gasteiger partial charge in [0, 0.05) is 5.56 Å². The monoisotopic (exact) mass is 253 g/mol. The van der Waals surface area contributed by atoms with Crippen LogP contribution in [0.5, 0.6) is 11.5 Å². The summed E-state index contributed by atoms with van der Waals surface area (Å²) in [6.45, 7) is 5.94. The molecule has 1 aromatic carbocycles. The predicted molar refractivity (Wildman–Crippen MR) is 67.9 cm³/mol. The maximum absolute atomic E-state index is 10.9. The number of phenolic OH excluding ortho intramolecular Hbond substituents is 1. The summed E-state index contributed by atoms with van der Waals surface area (Å²) < 4.78 is 5.05. The first-order valence-corrected chi connectivity index (χ1v) is 5.58. The van der Waals surface area contributed by atoms with Crippen LogP contribution in [0.3, 0.4) is 0 Å². The van der Waals surface area contributed by atoms with E-state index in [0.717, 1.165) is 5.56 Å². The number of carboxylic acids is 1. The van der Waals surface area contributed by atoms with Gasteiger partial charge in [0.05, 0.1) is 7.11 Å². The van der Waals surface area contributed by atoms with E-state index in [4.69, 9.17) is 15.6 Å². The average molecular weight is 253 g/mol. The van der Waals surface area contributed by atoms with Crippen LogP contribution in [0, 0.1) is 0 Å². The fourth-order valence-electron chi connectivity index (χ4n) is 1.59. The number of aromatic hydroxyl groups is 1. The topological polar surface area (TPSA) is 92.8 Å². The Morgan fingerprint density at radius 2 is 1.94 bits per heavy atom. The quantitative estimate of drug-likeness (QED) is 0.763. The fourth-order valence-corrected chi connectivity index (χ4v) is 1.59. The van der Waals surface area contributed by atoms with Crippen LogP contribution < -0.4 is 10.5 Å². The molecule has 5 nitrogen and oxygen atoms in total. The van der Waals surface area contributed by atoms with Crippen LogP contribution in [-0.2, 0) is 10.2 Å². The molecule has 1 aromatic rings. The molecule has 18 heavy (non-hydrogen) atoms. The first kappa shape index (κ1) is 14.3. The number of ether oxygens (including phenoxy) is 1. The van der Waals surface area contributed by atoms with E-state index >= 15 is 0 Å². The standard InChI is InChI=1S/C13H19NO4/c1-13(2,3)7-5-8(10(14)12(16)17)11(15)9(6-7)18-4/h5-6,10,15H,14H2,1-4H3,(H,16,17). The molecule has 1 rings (SSSR count). The second kappa shape index (κ2) is 4.86. The van der Waals surface area contributed by atoms with Crippen LogP contribution in [0.15, 0.2) is 12.1 Å². The van der Waals surface area contributed by atoms with E-state index in [1.54, 1.807) is 12.1 Å². The summed E-state index contributed by atoms with van der Waals surface area (Å²) in [5.41, 5.74) is 6.37. The number of aliphatic carboxylic acids is 1. The first-order valence-electron chi connectivity index (χ1n) is 5.58. The number of methoxy groups -OCH3 is 1. The highest BCUT2D eigenvalue weighted by atomic mass is 16.5. The zero-order chi connectivity index (χ0) is 14.1. The predicted octanol–water partition coefficient (Wildman–Crippen LogP) is 1.78. The van der Waals surface area contributed by atoms with Crippen LogP contribution in [0.2, 0.25) is 0 Å². The minimum atomic E-state index is -1.28. The number of hydrogen-bond acceptors (Lipinski definition) is 4. The van der Waals surface area contributed by atoms with E-state index in [9.17, 15) is 9.90 Å². The van der Waals surface area contributed by atoms with Crippen molar-refractivity contribution in [3.05, 3.63) is 23.3 Å². The summed E-state index contributed by atoms with van der Waals surface area (Å²) in [6.07, 6.45) is 0. The molecule has 0 saturated carbocycles. The maximum Gasteiger partial charge on any atom is 0.325 e. The lowest BCUT2D eigenvalue weighted by molar-refractivity contribution is -0.138.